The second-order valence-corrected chi connectivity index (χ2v) is 5.23. The Kier molecular flexibility index (Phi) is 5.47. The Morgan fingerprint density at radius 1 is 1.38 bits per heavy atom. The van der Waals surface area contributed by atoms with Gasteiger partial charge in [-0.05, 0) is 30.8 Å². The molecule has 5 heteroatoms. The van der Waals surface area contributed by atoms with Crippen molar-refractivity contribution in [1.82, 2.24) is 9.88 Å². The Labute approximate surface area is 124 Å². The third-order valence-electron chi connectivity index (χ3n) is 3.55. The highest BCUT2D eigenvalue weighted by Gasteiger charge is 2.20. The van der Waals surface area contributed by atoms with Crippen molar-refractivity contribution in [3.05, 3.63) is 54.0 Å². The molecular formula is C16H21FN2O2. The van der Waals surface area contributed by atoms with E-state index in [1.807, 2.05) is 19.1 Å². The fourth-order valence-electron chi connectivity index (χ4n) is 2.29. The first-order chi connectivity index (χ1) is 10.1. The largest absolute Gasteiger partial charge is 0.468 e. The summed E-state index contributed by atoms with van der Waals surface area (Å²) in [5, 5.41) is 10.3. The Morgan fingerprint density at radius 3 is 2.76 bits per heavy atom. The summed E-state index contributed by atoms with van der Waals surface area (Å²) in [6, 6.07) is 6.65. The lowest BCUT2D eigenvalue weighted by Crippen LogP contribution is -2.30. The molecule has 2 aromatic heterocycles. The van der Waals surface area contributed by atoms with E-state index in [0.29, 0.717) is 18.8 Å². The number of aromatic nitrogens is 1. The maximum Gasteiger partial charge on any atom is 0.141 e. The van der Waals surface area contributed by atoms with E-state index in [0.717, 1.165) is 18.5 Å². The molecule has 114 valence electrons. The Balaban J connectivity index is 1.94. The van der Waals surface area contributed by atoms with Crippen LogP contribution in [-0.4, -0.2) is 28.1 Å². The van der Waals surface area contributed by atoms with Crippen LogP contribution in [0.25, 0.3) is 0 Å². The highest BCUT2D eigenvalue weighted by Crippen LogP contribution is 2.21. The first kappa shape index (κ1) is 15.7. The van der Waals surface area contributed by atoms with E-state index in [1.54, 1.807) is 6.26 Å². The SMILES string of the molecule is CCN(Cc1ccco1)CC(C)C(O)c1ccc(F)cn1. The maximum atomic E-state index is 12.9. The summed E-state index contributed by atoms with van der Waals surface area (Å²) in [4.78, 5) is 6.14. The van der Waals surface area contributed by atoms with Crippen molar-refractivity contribution in [2.75, 3.05) is 13.1 Å². The number of aliphatic hydroxyl groups excluding tert-OH is 1. The minimum atomic E-state index is -0.712. The highest BCUT2D eigenvalue weighted by atomic mass is 19.1. The second kappa shape index (κ2) is 7.33. The van der Waals surface area contributed by atoms with Crippen molar-refractivity contribution < 1.29 is 13.9 Å². The molecule has 0 saturated heterocycles. The number of hydrogen-bond acceptors (Lipinski definition) is 4. The Bertz CT molecular complexity index is 528. The van der Waals surface area contributed by atoms with Gasteiger partial charge >= 0.3 is 0 Å². The van der Waals surface area contributed by atoms with Gasteiger partial charge in [0.15, 0.2) is 0 Å². The maximum absolute atomic E-state index is 12.9. The fraction of sp³-hybridized carbons (Fsp3) is 0.438. The van der Waals surface area contributed by atoms with Gasteiger partial charge in [-0.2, -0.15) is 0 Å². The number of hydrogen-bond donors (Lipinski definition) is 1. The van der Waals surface area contributed by atoms with Gasteiger partial charge in [-0.25, -0.2) is 4.39 Å². The van der Waals surface area contributed by atoms with Crippen LogP contribution in [0, 0.1) is 11.7 Å². The van der Waals surface area contributed by atoms with Crippen LogP contribution in [0.1, 0.15) is 31.4 Å². The minimum absolute atomic E-state index is 0.0159. The van der Waals surface area contributed by atoms with E-state index in [2.05, 4.69) is 16.8 Å². The molecule has 0 radical (unpaired) electrons. The third-order valence-corrected chi connectivity index (χ3v) is 3.55. The predicted molar refractivity (Wildman–Crippen MR) is 78.0 cm³/mol. The zero-order valence-corrected chi connectivity index (χ0v) is 12.4. The van der Waals surface area contributed by atoms with E-state index in [4.69, 9.17) is 4.42 Å². The monoisotopic (exact) mass is 292 g/mol. The van der Waals surface area contributed by atoms with Crippen molar-refractivity contribution in [3.8, 4) is 0 Å². The topological polar surface area (TPSA) is 49.5 Å². The van der Waals surface area contributed by atoms with Crippen LogP contribution in [0.2, 0.25) is 0 Å². The summed E-state index contributed by atoms with van der Waals surface area (Å²) in [7, 11) is 0. The molecule has 4 nitrogen and oxygen atoms in total. The lowest BCUT2D eigenvalue weighted by molar-refractivity contribution is 0.0820. The van der Waals surface area contributed by atoms with Gasteiger partial charge in [0.2, 0.25) is 0 Å². The number of pyridine rings is 1. The summed E-state index contributed by atoms with van der Waals surface area (Å²) in [5.74, 6) is 0.489. The molecule has 2 atom stereocenters. The molecule has 0 bridgehead atoms. The van der Waals surface area contributed by atoms with Gasteiger partial charge in [-0.15, -0.1) is 0 Å². The van der Waals surface area contributed by atoms with Gasteiger partial charge in [-0.3, -0.25) is 9.88 Å². The number of aliphatic hydroxyl groups is 1. The van der Waals surface area contributed by atoms with Crippen molar-refractivity contribution >= 4 is 0 Å². The molecule has 0 aliphatic heterocycles. The molecule has 0 spiro atoms. The number of nitrogens with zero attached hydrogens (tertiary/aromatic N) is 2. The van der Waals surface area contributed by atoms with E-state index in [9.17, 15) is 9.50 Å². The van der Waals surface area contributed by atoms with Crippen LogP contribution in [0.4, 0.5) is 4.39 Å². The standard InChI is InChI=1S/C16H21FN2O2/c1-3-19(11-14-5-4-8-21-14)10-12(2)16(20)15-7-6-13(17)9-18-15/h4-9,12,16,20H,3,10-11H2,1-2H3. The van der Waals surface area contributed by atoms with Crippen LogP contribution in [0.5, 0.6) is 0 Å². The summed E-state index contributed by atoms with van der Waals surface area (Å²) in [5.41, 5.74) is 0.498. The van der Waals surface area contributed by atoms with Gasteiger partial charge in [-0.1, -0.05) is 13.8 Å². The molecule has 0 amide bonds. The fourth-order valence-corrected chi connectivity index (χ4v) is 2.29. The highest BCUT2D eigenvalue weighted by molar-refractivity contribution is 5.09. The van der Waals surface area contributed by atoms with E-state index in [-0.39, 0.29) is 5.92 Å². The van der Waals surface area contributed by atoms with Gasteiger partial charge in [0.05, 0.1) is 30.8 Å². The van der Waals surface area contributed by atoms with Gasteiger partial charge in [0, 0.05) is 12.5 Å². The predicted octanol–water partition coefficient (Wildman–Crippen LogP) is 3.01. The number of halogens is 1. The van der Waals surface area contributed by atoms with E-state index in [1.165, 1.54) is 12.1 Å². The molecule has 0 saturated carbocycles. The van der Waals surface area contributed by atoms with Gasteiger partial charge in [0.25, 0.3) is 0 Å². The molecular weight excluding hydrogens is 271 g/mol. The molecule has 2 aromatic rings. The van der Waals surface area contributed by atoms with Gasteiger partial charge in [0.1, 0.15) is 11.6 Å². The first-order valence-electron chi connectivity index (χ1n) is 7.14. The van der Waals surface area contributed by atoms with Crippen LogP contribution >= 0.6 is 0 Å². The molecule has 0 fully saturated rings. The van der Waals surface area contributed by atoms with Crippen molar-refractivity contribution in [1.29, 1.82) is 0 Å². The van der Waals surface area contributed by atoms with E-state index >= 15 is 0 Å². The summed E-state index contributed by atoms with van der Waals surface area (Å²) in [6.07, 6.45) is 2.08. The lowest BCUT2D eigenvalue weighted by Gasteiger charge is -2.26. The lowest BCUT2D eigenvalue weighted by atomic mass is 10.0. The van der Waals surface area contributed by atoms with Crippen LogP contribution < -0.4 is 0 Å². The zero-order chi connectivity index (χ0) is 15.2. The molecule has 2 rings (SSSR count). The molecule has 2 unspecified atom stereocenters. The summed E-state index contributed by atoms with van der Waals surface area (Å²) >= 11 is 0. The molecule has 21 heavy (non-hydrogen) atoms. The smallest absolute Gasteiger partial charge is 0.141 e. The Morgan fingerprint density at radius 2 is 2.19 bits per heavy atom. The molecule has 0 aliphatic rings. The van der Waals surface area contributed by atoms with Crippen LogP contribution in [-0.2, 0) is 6.54 Å². The van der Waals surface area contributed by atoms with Crippen molar-refractivity contribution in [3.63, 3.8) is 0 Å². The van der Waals surface area contributed by atoms with E-state index < -0.39 is 11.9 Å². The quantitative estimate of drug-likeness (QED) is 0.852. The molecule has 2 heterocycles. The normalized spacial score (nSPS) is 14.3. The zero-order valence-electron chi connectivity index (χ0n) is 12.4. The second-order valence-electron chi connectivity index (χ2n) is 5.23. The molecule has 1 N–H and O–H groups in total. The average Bonchev–Trinajstić information content (AvgIpc) is 2.99. The number of rotatable bonds is 7. The first-order valence-corrected chi connectivity index (χ1v) is 7.14. The Hall–Kier alpha value is -1.72. The van der Waals surface area contributed by atoms with Gasteiger partial charge < -0.3 is 9.52 Å². The van der Waals surface area contributed by atoms with Crippen molar-refractivity contribution in [2.24, 2.45) is 5.92 Å². The molecule has 0 aliphatic carbocycles. The average molecular weight is 292 g/mol. The summed E-state index contributed by atoms with van der Waals surface area (Å²) < 4.78 is 18.2. The van der Waals surface area contributed by atoms with Crippen LogP contribution in [0.3, 0.4) is 0 Å². The third kappa shape index (κ3) is 4.37. The van der Waals surface area contributed by atoms with Crippen LogP contribution in [0.15, 0.2) is 41.1 Å². The summed E-state index contributed by atoms with van der Waals surface area (Å²) in [6.45, 7) is 6.29. The molecule has 0 aromatic carbocycles. The minimum Gasteiger partial charge on any atom is -0.468 e. The van der Waals surface area contributed by atoms with Crippen molar-refractivity contribution in [2.45, 2.75) is 26.5 Å². The number of furan rings is 1.